The predicted molar refractivity (Wildman–Crippen MR) is 97.7 cm³/mol. The Hall–Kier alpha value is 0.594. The molecule has 0 saturated carbocycles. The first-order chi connectivity index (χ1) is 14.7. The maximum Gasteiger partial charge on any atom is 2.00 e. The number of halogens is 2. The molecule has 1 aliphatic heterocycles. The Kier molecular flexibility index (Phi) is 25.2. The van der Waals surface area contributed by atoms with Gasteiger partial charge in [0, 0.05) is 26.2 Å². The molecule has 0 aromatic rings. The average Bonchev–Trinajstić information content (AvgIpc) is 2.66. The van der Waals surface area contributed by atoms with Crippen molar-refractivity contribution in [2.45, 2.75) is 40.5 Å². The van der Waals surface area contributed by atoms with Crippen LogP contribution in [0.15, 0.2) is 0 Å². The number of nitrogens with zero attached hydrogens (tertiary/aromatic N) is 4. The van der Waals surface area contributed by atoms with E-state index in [9.17, 15) is 0 Å². The van der Waals surface area contributed by atoms with E-state index in [4.69, 9.17) is 37.3 Å². The molecule has 12 nitrogen and oxygen atoms in total. The molecule has 0 unspecified atom stereocenters. The van der Waals surface area contributed by atoms with Crippen LogP contribution in [0.25, 0.3) is 0 Å². The van der Waals surface area contributed by atoms with Crippen LogP contribution >= 0.6 is 0 Å². The summed E-state index contributed by atoms with van der Waals surface area (Å²) < 4.78 is 67.9. The second-order valence-electron chi connectivity index (χ2n) is 7.20. The first kappa shape index (κ1) is 38.1. The van der Waals surface area contributed by atoms with E-state index >= 15 is 0 Å². The minimum absolute atomic E-state index is 0. The van der Waals surface area contributed by atoms with E-state index in [1.54, 1.807) is 0 Å². The molecule has 0 bridgehead atoms. The molecule has 1 rings (SSSR count). The Morgan fingerprint density at radius 1 is 0.424 bits per heavy atom. The summed E-state index contributed by atoms with van der Waals surface area (Å²) in [6.45, 7) is 23.9. The summed E-state index contributed by atoms with van der Waals surface area (Å²) in [6.07, 6.45) is 2.61. The minimum Gasteiger partial charge on any atom is -0.302 e. The Labute approximate surface area is 212 Å². The van der Waals surface area contributed by atoms with Crippen LogP contribution in [0, 0.1) is 20.5 Å². The summed E-state index contributed by atoms with van der Waals surface area (Å²) in [5.41, 5.74) is 0. The molecule has 1 fully saturated rings. The molecule has 204 valence electrons. The van der Waals surface area contributed by atoms with Crippen LogP contribution in [0.1, 0.15) is 40.5 Å². The van der Waals surface area contributed by atoms with E-state index < -0.39 is 20.5 Å². The molecular weight excluding hydrogens is 530 g/mol. The van der Waals surface area contributed by atoms with Crippen molar-refractivity contribution in [1.82, 2.24) is 19.6 Å². The molecule has 0 aromatic carbocycles. The Morgan fingerprint density at radius 3 is 0.697 bits per heavy atom. The van der Waals surface area contributed by atoms with Gasteiger partial charge in [-0.15, -0.1) is 20.5 Å². The van der Waals surface area contributed by atoms with Crippen LogP contribution in [-0.4, -0.2) is 98.1 Å². The van der Waals surface area contributed by atoms with Gasteiger partial charge in [-0.3, -0.25) is 0 Å². The van der Waals surface area contributed by atoms with Gasteiger partial charge < -0.3 is 19.6 Å². The smallest absolute Gasteiger partial charge is 0.302 e. The van der Waals surface area contributed by atoms with Crippen LogP contribution in [0.4, 0.5) is 0 Å². The molecule has 0 amide bonds. The molecule has 33 heavy (non-hydrogen) atoms. The summed E-state index contributed by atoms with van der Waals surface area (Å²) >= 11 is 0. The molecule has 1 aliphatic rings. The molecule has 0 radical (unpaired) electrons. The van der Waals surface area contributed by atoms with Gasteiger partial charge in [0.25, 0.3) is 0 Å². The maximum absolute atomic E-state index is 8.49. The molecule has 0 aliphatic carbocycles. The number of likely N-dealkylation sites (N-methyl/N-ethyl adjacent to an activating group) is 4. The van der Waals surface area contributed by atoms with Crippen LogP contribution < -0.4 is 37.3 Å². The van der Waals surface area contributed by atoms with Crippen molar-refractivity contribution in [1.29, 1.82) is 0 Å². The quantitative estimate of drug-likeness (QED) is 0.290. The van der Waals surface area contributed by atoms with Gasteiger partial charge in [-0.05, 0) is 65.2 Å². The van der Waals surface area contributed by atoms with Gasteiger partial charge >= 0.3 is 16.5 Å². The van der Waals surface area contributed by atoms with Crippen molar-refractivity contribution in [2.24, 2.45) is 0 Å². The first-order valence-corrected chi connectivity index (χ1v) is 13.3. The first-order valence-electron chi connectivity index (χ1n) is 10.9. The van der Waals surface area contributed by atoms with Crippen molar-refractivity contribution >= 4 is 0 Å². The minimum atomic E-state index is -4.94. The summed E-state index contributed by atoms with van der Waals surface area (Å²) in [6, 6.07) is 0. The second kappa shape index (κ2) is 21.8. The van der Waals surface area contributed by atoms with E-state index in [0.29, 0.717) is 0 Å². The Bertz CT molecular complexity index is 363. The third-order valence-corrected chi connectivity index (χ3v) is 5.15. The van der Waals surface area contributed by atoms with Gasteiger partial charge in [0.05, 0.1) is 0 Å². The fourth-order valence-corrected chi connectivity index (χ4v) is 3.31. The second-order valence-corrected chi connectivity index (χ2v) is 8.71. The molecule has 0 aromatic heterocycles. The van der Waals surface area contributed by atoms with Gasteiger partial charge in [0.1, 0.15) is 0 Å². The van der Waals surface area contributed by atoms with Crippen LogP contribution in [0.5, 0.6) is 0 Å². The van der Waals surface area contributed by atoms with E-state index in [1.165, 1.54) is 91.4 Å². The largest absolute Gasteiger partial charge is 2.00 e. The van der Waals surface area contributed by atoms with E-state index in [1.807, 2.05) is 0 Å². The zero-order valence-electron chi connectivity index (χ0n) is 20.0. The predicted octanol–water partition coefficient (Wildman–Crippen LogP) is -7.45. The van der Waals surface area contributed by atoms with E-state index in [0.717, 1.165) is 0 Å². The molecule has 0 spiro atoms. The fraction of sp³-hybridized carbons (Fsp3) is 1.00. The standard InChI is InChI=1S/C18H40N4.2ClHO4.Ni/c1-5-19-11-9-12-21(7-3)17-18-22(8-4)14-10-13-20(6-2)16-15-19;2*2-1(3,4)5;/h5-18H2,1-4H3;2*(H,2,3,4,5);/q;;;+2/p-2. The van der Waals surface area contributed by atoms with E-state index in [2.05, 4.69) is 47.3 Å². The van der Waals surface area contributed by atoms with Crippen LogP contribution in [0.3, 0.4) is 0 Å². The van der Waals surface area contributed by atoms with Crippen molar-refractivity contribution in [3.63, 3.8) is 0 Å². The zero-order valence-corrected chi connectivity index (χ0v) is 22.5. The topological polar surface area (TPSA) is 197 Å². The molecule has 15 heteroatoms. The summed E-state index contributed by atoms with van der Waals surface area (Å²) in [7, 11) is -9.89. The number of rotatable bonds is 4. The van der Waals surface area contributed by atoms with Gasteiger partial charge in [-0.25, -0.2) is 37.3 Å². The van der Waals surface area contributed by atoms with Crippen LogP contribution in [-0.2, 0) is 16.5 Å². The number of hydrogen-bond donors (Lipinski definition) is 0. The third kappa shape index (κ3) is 32.6. The molecular formula is C18H40Cl2N4NiO8. The maximum atomic E-state index is 8.49. The summed E-state index contributed by atoms with van der Waals surface area (Å²) in [5.74, 6) is 0. The molecule has 1 heterocycles. The van der Waals surface area contributed by atoms with Gasteiger partial charge in [-0.2, -0.15) is 0 Å². The van der Waals surface area contributed by atoms with Gasteiger partial charge in [0.2, 0.25) is 0 Å². The van der Waals surface area contributed by atoms with Gasteiger partial charge in [-0.1, -0.05) is 27.7 Å². The zero-order chi connectivity index (χ0) is 25.2. The molecule has 0 atom stereocenters. The SMILES string of the molecule is CCN1CCCN(CC)CCN(CC)CCCN(CC)CC1.[Ni+2].[O-][Cl+3]([O-])([O-])[O-].[O-][Cl+3]([O-])([O-])[O-]. The van der Waals surface area contributed by atoms with Crippen molar-refractivity contribution < 1.29 is 74.2 Å². The van der Waals surface area contributed by atoms with Crippen LogP contribution in [0.2, 0.25) is 0 Å². The number of hydrogen-bond acceptors (Lipinski definition) is 12. The van der Waals surface area contributed by atoms with Gasteiger partial charge in [0.15, 0.2) is 0 Å². The summed E-state index contributed by atoms with van der Waals surface area (Å²) in [4.78, 5) is 10.5. The fourth-order valence-electron chi connectivity index (χ4n) is 3.31. The molecule has 0 N–H and O–H groups in total. The van der Waals surface area contributed by atoms with Crippen molar-refractivity contribution in [3.8, 4) is 0 Å². The van der Waals surface area contributed by atoms with E-state index in [-0.39, 0.29) is 16.5 Å². The average molecular weight is 570 g/mol. The molecule has 1 saturated heterocycles. The van der Waals surface area contributed by atoms with Crippen molar-refractivity contribution in [2.75, 3.05) is 78.5 Å². The monoisotopic (exact) mass is 568 g/mol. The Balaban J connectivity index is -0.000000686. The van der Waals surface area contributed by atoms with Crippen molar-refractivity contribution in [3.05, 3.63) is 0 Å². The normalized spacial score (nSPS) is 19.3. The Morgan fingerprint density at radius 2 is 0.576 bits per heavy atom. The summed E-state index contributed by atoms with van der Waals surface area (Å²) in [5, 5.41) is 0. The third-order valence-electron chi connectivity index (χ3n) is 5.15.